The summed E-state index contributed by atoms with van der Waals surface area (Å²) in [5.74, 6) is -0.384. The molecule has 1 rings (SSSR count). The van der Waals surface area contributed by atoms with E-state index in [1.807, 2.05) is 30.3 Å². The van der Waals surface area contributed by atoms with Crippen molar-refractivity contribution in [2.75, 3.05) is 5.33 Å². The zero-order chi connectivity index (χ0) is 10.4. The van der Waals surface area contributed by atoms with Gasteiger partial charge in [-0.1, -0.05) is 46.3 Å². The van der Waals surface area contributed by atoms with Gasteiger partial charge in [-0.15, -0.1) is 0 Å². The highest BCUT2D eigenvalue weighted by Crippen LogP contribution is 2.01. The minimum absolute atomic E-state index is 0.278. The van der Waals surface area contributed by atoms with E-state index in [1.165, 1.54) is 0 Å². The molecule has 0 aliphatic heterocycles. The van der Waals surface area contributed by atoms with Crippen LogP contribution in [0.4, 0.5) is 0 Å². The Hall–Kier alpha value is -0.870. The first kappa shape index (κ1) is 11.2. The van der Waals surface area contributed by atoms with Gasteiger partial charge in [0.2, 0.25) is 0 Å². The molecule has 1 aromatic carbocycles. The topological polar surface area (TPSA) is 52.3 Å². The van der Waals surface area contributed by atoms with Gasteiger partial charge in [-0.2, -0.15) is 0 Å². The maximum Gasteiger partial charge on any atom is 0.324 e. The van der Waals surface area contributed by atoms with E-state index in [4.69, 9.17) is 10.5 Å². The Kier molecular flexibility index (Phi) is 4.62. The molecular weight excluding hydrogens is 246 g/mol. The summed E-state index contributed by atoms with van der Waals surface area (Å²) >= 11 is 3.12. The molecule has 4 heteroatoms. The highest BCUT2D eigenvalue weighted by Gasteiger charge is 2.12. The van der Waals surface area contributed by atoms with Crippen molar-refractivity contribution in [1.82, 2.24) is 0 Å². The Labute approximate surface area is 91.4 Å². The van der Waals surface area contributed by atoms with Crippen LogP contribution in [0.1, 0.15) is 5.56 Å². The second-order valence-electron chi connectivity index (χ2n) is 2.85. The number of carbonyl (C=O) groups is 1. The molecule has 1 unspecified atom stereocenters. The van der Waals surface area contributed by atoms with Crippen molar-refractivity contribution in [2.24, 2.45) is 5.73 Å². The SMILES string of the molecule is NC(CBr)C(=O)OCc1ccccc1. The van der Waals surface area contributed by atoms with Gasteiger partial charge in [0.1, 0.15) is 12.6 Å². The van der Waals surface area contributed by atoms with Crippen LogP contribution in [-0.4, -0.2) is 17.3 Å². The molecule has 0 spiro atoms. The number of hydrogen-bond donors (Lipinski definition) is 1. The van der Waals surface area contributed by atoms with E-state index in [1.54, 1.807) is 0 Å². The Morgan fingerprint density at radius 3 is 2.64 bits per heavy atom. The van der Waals surface area contributed by atoms with Crippen LogP contribution in [0.2, 0.25) is 0 Å². The molecule has 3 nitrogen and oxygen atoms in total. The van der Waals surface area contributed by atoms with Gasteiger partial charge >= 0.3 is 5.97 Å². The van der Waals surface area contributed by atoms with E-state index in [-0.39, 0.29) is 12.6 Å². The number of ether oxygens (including phenoxy) is 1. The van der Waals surface area contributed by atoms with Gasteiger partial charge in [-0.25, -0.2) is 0 Å². The molecule has 2 N–H and O–H groups in total. The Morgan fingerprint density at radius 1 is 1.43 bits per heavy atom. The Morgan fingerprint density at radius 2 is 2.07 bits per heavy atom. The molecule has 0 amide bonds. The first-order chi connectivity index (χ1) is 6.74. The quantitative estimate of drug-likeness (QED) is 0.657. The molecule has 0 fully saturated rings. The standard InChI is InChI=1S/C10H12BrNO2/c11-6-9(12)10(13)14-7-8-4-2-1-3-5-8/h1-5,9H,6-7,12H2. The maximum absolute atomic E-state index is 11.2. The zero-order valence-corrected chi connectivity index (χ0v) is 9.24. The van der Waals surface area contributed by atoms with E-state index < -0.39 is 6.04 Å². The van der Waals surface area contributed by atoms with Crippen molar-refractivity contribution in [3.05, 3.63) is 35.9 Å². The summed E-state index contributed by atoms with van der Waals surface area (Å²) in [6.45, 7) is 0.278. The average Bonchev–Trinajstić information content (AvgIpc) is 2.26. The highest BCUT2D eigenvalue weighted by molar-refractivity contribution is 9.09. The number of alkyl halides is 1. The summed E-state index contributed by atoms with van der Waals surface area (Å²) in [6.07, 6.45) is 0. The highest BCUT2D eigenvalue weighted by atomic mass is 79.9. The van der Waals surface area contributed by atoms with E-state index >= 15 is 0 Å². The van der Waals surface area contributed by atoms with Crippen LogP contribution < -0.4 is 5.73 Å². The molecule has 0 heterocycles. The van der Waals surface area contributed by atoms with Gasteiger partial charge in [0, 0.05) is 5.33 Å². The molecule has 0 bridgehead atoms. The lowest BCUT2D eigenvalue weighted by molar-refractivity contribution is -0.145. The number of esters is 1. The molecule has 1 atom stereocenters. The molecule has 0 saturated heterocycles. The smallest absolute Gasteiger partial charge is 0.324 e. The fraction of sp³-hybridized carbons (Fsp3) is 0.300. The number of benzene rings is 1. The maximum atomic E-state index is 11.2. The van der Waals surface area contributed by atoms with E-state index in [0.717, 1.165) is 5.56 Å². The van der Waals surface area contributed by atoms with Gasteiger partial charge in [0.25, 0.3) is 0 Å². The van der Waals surface area contributed by atoms with Crippen molar-refractivity contribution in [3.8, 4) is 0 Å². The largest absolute Gasteiger partial charge is 0.460 e. The zero-order valence-electron chi connectivity index (χ0n) is 7.65. The molecule has 1 aromatic rings. The molecule has 0 radical (unpaired) electrons. The second-order valence-corrected chi connectivity index (χ2v) is 3.50. The molecule has 0 aliphatic rings. The van der Waals surface area contributed by atoms with Crippen LogP contribution in [0.5, 0.6) is 0 Å². The normalized spacial score (nSPS) is 12.1. The summed E-state index contributed by atoms with van der Waals surface area (Å²) < 4.78 is 4.99. The minimum Gasteiger partial charge on any atom is -0.460 e. The average molecular weight is 258 g/mol. The van der Waals surface area contributed by atoms with Crippen LogP contribution in [0.25, 0.3) is 0 Å². The minimum atomic E-state index is -0.585. The molecule has 0 saturated carbocycles. The van der Waals surface area contributed by atoms with Gasteiger partial charge in [-0.05, 0) is 5.56 Å². The first-order valence-corrected chi connectivity index (χ1v) is 5.38. The first-order valence-electron chi connectivity index (χ1n) is 4.26. The van der Waals surface area contributed by atoms with Crippen molar-refractivity contribution >= 4 is 21.9 Å². The molecule has 76 valence electrons. The predicted molar refractivity (Wildman–Crippen MR) is 58.0 cm³/mol. The number of nitrogens with two attached hydrogens (primary N) is 1. The summed E-state index contributed by atoms with van der Waals surface area (Å²) in [5.41, 5.74) is 6.42. The Bertz CT molecular complexity index is 289. The Balaban J connectivity index is 2.38. The summed E-state index contributed by atoms with van der Waals surface area (Å²) in [4.78, 5) is 11.2. The van der Waals surface area contributed by atoms with E-state index in [0.29, 0.717) is 5.33 Å². The number of carbonyl (C=O) groups excluding carboxylic acids is 1. The lowest BCUT2D eigenvalue weighted by atomic mass is 10.2. The third-order valence-corrected chi connectivity index (χ3v) is 2.39. The molecule has 0 aromatic heterocycles. The van der Waals surface area contributed by atoms with Crippen LogP contribution in [-0.2, 0) is 16.1 Å². The number of hydrogen-bond acceptors (Lipinski definition) is 3. The van der Waals surface area contributed by atoms with Crippen molar-refractivity contribution in [1.29, 1.82) is 0 Å². The van der Waals surface area contributed by atoms with Crippen molar-refractivity contribution in [2.45, 2.75) is 12.6 Å². The van der Waals surface area contributed by atoms with Gasteiger partial charge in [0.05, 0.1) is 0 Å². The fourth-order valence-corrected chi connectivity index (χ4v) is 1.16. The molecule has 0 aliphatic carbocycles. The number of rotatable bonds is 4. The second kappa shape index (κ2) is 5.78. The van der Waals surface area contributed by atoms with Gasteiger partial charge < -0.3 is 10.5 Å². The molecule has 14 heavy (non-hydrogen) atoms. The van der Waals surface area contributed by atoms with Crippen molar-refractivity contribution < 1.29 is 9.53 Å². The third kappa shape index (κ3) is 3.47. The lowest BCUT2D eigenvalue weighted by Gasteiger charge is -2.08. The molecular formula is C10H12BrNO2. The summed E-state index contributed by atoms with van der Waals surface area (Å²) in [5, 5.41) is 0.417. The van der Waals surface area contributed by atoms with Crippen molar-refractivity contribution in [3.63, 3.8) is 0 Å². The fourth-order valence-electron chi connectivity index (χ4n) is 0.899. The van der Waals surface area contributed by atoms with E-state index in [9.17, 15) is 4.79 Å². The van der Waals surface area contributed by atoms with Crippen LogP contribution in [0.3, 0.4) is 0 Å². The third-order valence-electron chi connectivity index (χ3n) is 1.69. The van der Waals surface area contributed by atoms with Crippen LogP contribution >= 0.6 is 15.9 Å². The lowest BCUT2D eigenvalue weighted by Crippen LogP contribution is -2.33. The van der Waals surface area contributed by atoms with E-state index in [2.05, 4.69) is 15.9 Å². The number of halogens is 1. The monoisotopic (exact) mass is 257 g/mol. The van der Waals surface area contributed by atoms with Gasteiger partial charge in [-0.3, -0.25) is 4.79 Å². The summed E-state index contributed by atoms with van der Waals surface area (Å²) in [7, 11) is 0. The van der Waals surface area contributed by atoms with Crippen LogP contribution in [0.15, 0.2) is 30.3 Å². The summed E-state index contributed by atoms with van der Waals surface area (Å²) in [6, 6.07) is 8.91. The van der Waals surface area contributed by atoms with Gasteiger partial charge in [0.15, 0.2) is 0 Å². The predicted octanol–water partition coefficient (Wildman–Crippen LogP) is 1.45. The van der Waals surface area contributed by atoms with Crippen LogP contribution in [0, 0.1) is 0 Å².